The van der Waals surface area contributed by atoms with Crippen LogP contribution in [0.2, 0.25) is 0 Å². The minimum Gasteiger partial charge on any atom is -0.465 e. The fourth-order valence-corrected chi connectivity index (χ4v) is 3.63. The summed E-state index contributed by atoms with van der Waals surface area (Å²) in [5.41, 5.74) is 0.137. The van der Waals surface area contributed by atoms with E-state index in [9.17, 15) is 10.1 Å². The van der Waals surface area contributed by atoms with Crippen molar-refractivity contribution in [3.05, 3.63) is 22.2 Å². The Morgan fingerprint density at radius 3 is 2.87 bits per heavy atom. The standard InChI is InChI=1S/C16H17BrN2O4/c1-3-21-15(20)11-6-16(2,7-18)14(19-11)9-4-12-13(5-10(9)17)23-8-22-12/h4-5,11,14,19H,3,6,8H2,1-2H3/t11?,14?,16-/m1/s1. The fourth-order valence-electron chi connectivity index (χ4n) is 3.08. The molecule has 0 saturated carbocycles. The van der Waals surface area contributed by atoms with E-state index in [2.05, 4.69) is 27.3 Å². The average Bonchev–Trinajstić information content (AvgIpc) is 3.11. The van der Waals surface area contributed by atoms with Gasteiger partial charge in [-0.15, -0.1) is 0 Å². The fraction of sp³-hybridized carbons (Fsp3) is 0.500. The van der Waals surface area contributed by atoms with Gasteiger partial charge in [0.1, 0.15) is 6.04 Å². The zero-order valence-electron chi connectivity index (χ0n) is 12.9. The zero-order chi connectivity index (χ0) is 16.6. The molecule has 23 heavy (non-hydrogen) atoms. The smallest absolute Gasteiger partial charge is 0.323 e. The second-order valence-electron chi connectivity index (χ2n) is 5.86. The third-order valence-corrected chi connectivity index (χ3v) is 4.95. The van der Waals surface area contributed by atoms with Crippen LogP contribution in [0.3, 0.4) is 0 Å². The Bertz CT molecular complexity index is 687. The van der Waals surface area contributed by atoms with Gasteiger partial charge in [-0.05, 0) is 38.0 Å². The van der Waals surface area contributed by atoms with Crippen LogP contribution in [-0.4, -0.2) is 25.4 Å². The van der Waals surface area contributed by atoms with Gasteiger partial charge in [-0.2, -0.15) is 5.26 Å². The molecule has 2 unspecified atom stereocenters. The van der Waals surface area contributed by atoms with Gasteiger partial charge in [0.15, 0.2) is 11.5 Å². The number of halogens is 1. The van der Waals surface area contributed by atoms with Gasteiger partial charge in [0, 0.05) is 4.47 Å². The Balaban J connectivity index is 1.95. The zero-order valence-corrected chi connectivity index (χ0v) is 14.5. The molecule has 1 aromatic carbocycles. The molecule has 7 heteroatoms. The Labute approximate surface area is 142 Å². The van der Waals surface area contributed by atoms with Crippen molar-refractivity contribution in [2.24, 2.45) is 5.41 Å². The summed E-state index contributed by atoms with van der Waals surface area (Å²) in [6, 6.07) is 5.22. The van der Waals surface area contributed by atoms with Gasteiger partial charge in [-0.1, -0.05) is 15.9 Å². The first-order valence-electron chi connectivity index (χ1n) is 7.41. The molecular weight excluding hydrogens is 364 g/mol. The van der Waals surface area contributed by atoms with Crippen molar-refractivity contribution in [2.45, 2.75) is 32.4 Å². The number of nitrogens with zero attached hydrogens (tertiary/aromatic N) is 1. The van der Waals surface area contributed by atoms with Gasteiger partial charge < -0.3 is 14.2 Å². The number of fused-ring (bicyclic) bond motifs is 1. The molecule has 1 aromatic rings. The van der Waals surface area contributed by atoms with E-state index in [-0.39, 0.29) is 18.8 Å². The molecule has 1 saturated heterocycles. The van der Waals surface area contributed by atoms with Crippen LogP contribution >= 0.6 is 15.9 Å². The number of rotatable bonds is 3. The molecule has 0 bridgehead atoms. The van der Waals surface area contributed by atoms with Crippen molar-refractivity contribution in [1.29, 1.82) is 5.26 Å². The van der Waals surface area contributed by atoms with Crippen LogP contribution in [0.25, 0.3) is 0 Å². The molecule has 3 rings (SSSR count). The highest BCUT2D eigenvalue weighted by atomic mass is 79.9. The van der Waals surface area contributed by atoms with Crippen molar-refractivity contribution in [3.8, 4) is 17.6 Å². The van der Waals surface area contributed by atoms with E-state index in [1.54, 1.807) is 6.92 Å². The first-order chi connectivity index (χ1) is 11.0. The molecule has 0 amide bonds. The van der Waals surface area contributed by atoms with E-state index in [0.717, 1.165) is 10.0 Å². The molecule has 1 N–H and O–H groups in total. The number of nitrogens with one attached hydrogen (secondary N) is 1. The minimum absolute atomic E-state index is 0.185. The quantitative estimate of drug-likeness (QED) is 0.811. The van der Waals surface area contributed by atoms with Gasteiger partial charge in [-0.25, -0.2) is 0 Å². The topological polar surface area (TPSA) is 80.6 Å². The summed E-state index contributed by atoms with van der Waals surface area (Å²) in [5.74, 6) is 0.984. The Hall–Kier alpha value is -1.78. The summed E-state index contributed by atoms with van der Waals surface area (Å²) in [7, 11) is 0. The van der Waals surface area contributed by atoms with Crippen LogP contribution in [0.4, 0.5) is 0 Å². The van der Waals surface area contributed by atoms with Crippen LogP contribution in [-0.2, 0) is 9.53 Å². The molecule has 2 aliphatic heterocycles. The molecule has 3 atom stereocenters. The number of nitriles is 1. The highest BCUT2D eigenvalue weighted by Crippen LogP contribution is 2.48. The number of ether oxygens (including phenoxy) is 3. The highest BCUT2D eigenvalue weighted by molar-refractivity contribution is 9.10. The molecule has 0 aliphatic carbocycles. The lowest BCUT2D eigenvalue weighted by Crippen LogP contribution is -2.34. The van der Waals surface area contributed by atoms with E-state index in [1.165, 1.54) is 0 Å². The maximum atomic E-state index is 12.0. The Morgan fingerprint density at radius 2 is 2.22 bits per heavy atom. The summed E-state index contributed by atoms with van der Waals surface area (Å²) in [5, 5.41) is 12.9. The number of benzene rings is 1. The largest absolute Gasteiger partial charge is 0.465 e. The predicted octanol–water partition coefficient (Wildman–Crippen LogP) is 2.67. The van der Waals surface area contributed by atoms with Gasteiger partial charge >= 0.3 is 5.97 Å². The number of hydrogen-bond acceptors (Lipinski definition) is 6. The molecule has 0 aromatic heterocycles. The van der Waals surface area contributed by atoms with E-state index in [4.69, 9.17) is 14.2 Å². The number of carbonyl (C=O) groups is 1. The minimum atomic E-state index is -0.729. The molecule has 6 nitrogen and oxygen atoms in total. The first kappa shape index (κ1) is 16.1. The average molecular weight is 381 g/mol. The molecule has 2 heterocycles. The number of carbonyl (C=O) groups excluding carboxylic acids is 1. The Kier molecular flexibility index (Phi) is 4.21. The molecule has 2 aliphatic rings. The second-order valence-corrected chi connectivity index (χ2v) is 6.72. The Morgan fingerprint density at radius 1 is 1.52 bits per heavy atom. The summed E-state index contributed by atoms with van der Waals surface area (Å²) in [4.78, 5) is 12.0. The summed E-state index contributed by atoms with van der Waals surface area (Å²) in [6.07, 6.45) is 0.397. The van der Waals surface area contributed by atoms with E-state index in [1.807, 2.05) is 19.1 Å². The van der Waals surface area contributed by atoms with Gasteiger partial charge in [-0.3, -0.25) is 10.1 Å². The lowest BCUT2D eigenvalue weighted by atomic mass is 9.80. The molecule has 122 valence electrons. The third kappa shape index (κ3) is 2.77. The van der Waals surface area contributed by atoms with Gasteiger partial charge in [0.25, 0.3) is 0 Å². The molecule has 0 spiro atoms. The van der Waals surface area contributed by atoms with Crippen LogP contribution in [0.5, 0.6) is 11.5 Å². The van der Waals surface area contributed by atoms with Crippen LogP contribution < -0.4 is 14.8 Å². The highest BCUT2D eigenvalue weighted by Gasteiger charge is 2.48. The maximum Gasteiger partial charge on any atom is 0.323 e. The van der Waals surface area contributed by atoms with Crippen molar-refractivity contribution < 1.29 is 19.0 Å². The van der Waals surface area contributed by atoms with Crippen LogP contribution in [0, 0.1) is 16.7 Å². The first-order valence-corrected chi connectivity index (χ1v) is 8.21. The maximum absolute atomic E-state index is 12.0. The number of esters is 1. The van der Waals surface area contributed by atoms with Crippen molar-refractivity contribution in [1.82, 2.24) is 5.32 Å². The van der Waals surface area contributed by atoms with Crippen LogP contribution in [0.15, 0.2) is 16.6 Å². The molecule has 1 fully saturated rings. The van der Waals surface area contributed by atoms with Gasteiger partial charge in [0.2, 0.25) is 6.79 Å². The SMILES string of the molecule is CCOC(=O)C1C[C@](C)(C#N)C(c2cc3c(cc2Br)OCO3)N1. The molecular formula is C16H17BrN2O4. The van der Waals surface area contributed by atoms with Crippen molar-refractivity contribution in [3.63, 3.8) is 0 Å². The lowest BCUT2D eigenvalue weighted by Gasteiger charge is -2.25. The predicted molar refractivity (Wildman–Crippen MR) is 84.9 cm³/mol. The van der Waals surface area contributed by atoms with E-state index >= 15 is 0 Å². The second kappa shape index (κ2) is 6.02. The van der Waals surface area contributed by atoms with E-state index < -0.39 is 11.5 Å². The van der Waals surface area contributed by atoms with E-state index in [0.29, 0.717) is 24.5 Å². The lowest BCUT2D eigenvalue weighted by molar-refractivity contribution is -0.145. The van der Waals surface area contributed by atoms with Crippen LogP contribution in [0.1, 0.15) is 31.9 Å². The molecule has 0 radical (unpaired) electrons. The monoisotopic (exact) mass is 380 g/mol. The van der Waals surface area contributed by atoms with Crippen molar-refractivity contribution in [2.75, 3.05) is 13.4 Å². The third-order valence-electron chi connectivity index (χ3n) is 4.26. The number of hydrogen-bond donors (Lipinski definition) is 1. The summed E-state index contributed by atoms with van der Waals surface area (Å²) >= 11 is 3.53. The summed E-state index contributed by atoms with van der Waals surface area (Å²) in [6.45, 7) is 4.12. The normalized spacial score (nSPS) is 28.4. The van der Waals surface area contributed by atoms with Gasteiger partial charge in [0.05, 0.1) is 24.1 Å². The van der Waals surface area contributed by atoms with Crippen molar-refractivity contribution >= 4 is 21.9 Å². The summed E-state index contributed by atoms with van der Waals surface area (Å²) < 4.78 is 16.7.